The van der Waals surface area contributed by atoms with Gasteiger partial charge in [0.2, 0.25) is 0 Å². The van der Waals surface area contributed by atoms with Gasteiger partial charge in [0.25, 0.3) is 0 Å². The van der Waals surface area contributed by atoms with Crippen molar-refractivity contribution in [3.63, 3.8) is 0 Å². The Bertz CT molecular complexity index is 181. The molecular weight excluding hydrogens is 168 g/mol. The summed E-state index contributed by atoms with van der Waals surface area (Å²) in [7, 11) is 0. The standard InChI is InChI=1S/C8H18N4O/c1-2-7(13)6(9)4-3-5-12-8(10)11/h6H,2-5,9H2,1H3,(H4,10,11,12). The number of hydrogen-bond donors (Lipinski definition) is 4. The van der Waals surface area contributed by atoms with E-state index in [9.17, 15) is 4.79 Å². The summed E-state index contributed by atoms with van der Waals surface area (Å²) in [5.41, 5.74) is 10.7. The van der Waals surface area contributed by atoms with Crippen molar-refractivity contribution >= 4 is 11.7 Å². The maximum absolute atomic E-state index is 11.0. The number of ketones is 1. The monoisotopic (exact) mass is 186 g/mol. The van der Waals surface area contributed by atoms with Crippen LogP contribution in [0.1, 0.15) is 26.2 Å². The Labute approximate surface area is 78.4 Å². The molecule has 5 nitrogen and oxygen atoms in total. The van der Waals surface area contributed by atoms with Gasteiger partial charge in [-0.05, 0) is 12.8 Å². The minimum Gasteiger partial charge on any atom is -0.370 e. The molecule has 0 aliphatic rings. The summed E-state index contributed by atoms with van der Waals surface area (Å²) >= 11 is 0. The summed E-state index contributed by atoms with van der Waals surface area (Å²) in [4.78, 5) is 11.0. The van der Waals surface area contributed by atoms with E-state index in [0.717, 1.165) is 6.42 Å². The van der Waals surface area contributed by atoms with Crippen LogP contribution in [0.25, 0.3) is 0 Å². The second-order valence-electron chi connectivity index (χ2n) is 2.91. The van der Waals surface area contributed by atoms with Crippen molar-refractivity contribution in [3.05, 3.63) is 0 Å². The van der Waals surface area contributed by atoms with Crippen LogP contribution in [0.5, 0.6) is 0 Å². The predicted octanol–water partition coefficient (Wildman–Crippen LogP) is -0.444. The summed E-state index contributed by atoms with van der Waals surface area (Å²) < 4.78 is 0. The van der Waals surface area contributed by atoms with E-state index in [2.05, 4.69) is 5.32 Å². The molecule has 13 heavy (non-hydrogen) atoms. The Kier molecular flexibility index (Phi) is 5.88. The van der Waals surface area contributed by atoms with Crippen LogP contribution >= 0.6 is 0 Å². The van der Waals surface area contributed by atoms with Crippen LogP contribution in [0.15, 0.2) is 0 Å². The molecule has 0 amide bonds. The molecule has 0 saturated heterocycles. The van der Waals surface area contributed by atoms with Crippen molar-refractivity contribution in [1.29, 1.82) is 5.41 Å². The van der Waals surface area contributed by atoms with Gasteiger partial charge < -0.3 is 16.8 Å². The number of carbonyl (C=O) groups is 1. The molecule has 0 aliphatic carbocycles. The third-order valence-corrected chi connectivity index (χ3v) is 1.77. The zero-order chi connectivity index (χ0) is 10.3. The van der Waals surface area contributed by atoms with Gasteiger partial charge in [0.15, 0.2) is 5.96 Å². The highest BCUT2D eigenvalue weighted by atomic mass is 16.1. The lowest BCUT2D eigenvalue weighted by Crippen LogP contribution is -2.34. The van der Waals surface area contributed by atoms with E-state index in [1.54, 1.807) is 6.92 Å². The molecule has 0 aliphatic heterocycles. The molecule has 0 aromatic rings. The molecule has 1 atom stereocenters. The zero-order valence-corrected chi connectivity index (χ0v) is 7.97. The molecule has 0 saturated carbocycles. The molecule has 0 heterocycles. The third-order valence-electron chi connectivity index (χ3n) is 1.77. The first kappa shape index (κ1) is 11.9. The normalized spacial score (nSPS) is 12.2. The Morgan fingerprint density at radius 2 is 2.23 bits per heavy atom. The summed E-state index contributed by atoms with van der Waals surface area (Å²) in [5.74, 6) is 0.0400. The molecule has 0 radical (unpaired) electrons. The predicted molar refractivity (Wildman–Crippen MR) is 52.4 cm³/mol. The molecule has 0 rings (SSSR count). The van der Waals surface area contributed by atoms with E-state index >= 15 is 0 Å². The maximum atomic E-state index is 11.0. The van der Waals surface area contributed by atoms with E-state index < -0.39 is 0 Å². The fourth-order valence-corrected chi connectivity index (χ4v) is 0.968. The van der Waals surface area contributed by atoms with Gasteiger partial charge in [-0.3, -0.25) is 10.2 Å². The number of rotatable bonds is 6. The minimum absolute atomic E-state index is 0.0459. The first-order valence-corrected chi connectivity index (χ1v) is 4.44. The van der Waals surface area contributed by atoms with Crippen LogP contribution in [0.3, 0.4) is 0 Å². The zero-order valence-electron chi connectivity index (χ0n) is 7.97. The number of carbonyl (C=O) groups excluding carboxylic acids is 1. The van der Waals surface area contributed by atoms with E-state index in [-0.39, 0.29) is 17.8 Å². The fourth-order valence-electron chi connectivity index (χ4n) is 0.968. The van der Waals surface area contributed by atoms with Crippen molar-refractivity contribution in [2.75, 3.05) is 6.54 Å². The van der Waals surface area contributed by atoms with E-state index in [1.807, 2.05) is 0 Å². The lowest BCUT2D eigenvalue weighted by molar-refractivity contribution is -0.120. The van der Waals surface area contributed by atoms with Crippen molar-refractivity contribution in [2.24, 2.45) is 11.5 Å². The smallest absolute Gasteiger partial charge is 0.185 e. The van der Waals surface area contributed by atoms with E-state index in [1.165, 1.54) is 0 Å². The van der Waals surface area contributed by atoms with Crippen molar-refractivity contribution < 1.29 is 4.79 Å². The number of guanidine groups is 1. The second kappa shape index (κ2) is 6.42. The van der Waals surface area contributed by atoms with Gasteiger partial charge >= 0.3 is 0 Å². The topological polar surface area (TPSA) is 105 Å². The highest BCUT2D eigenvalue weighted by molar-refractivity contribution is 5.83. The summed E-state index contributed by atoms with van der Waals surface area (Å²) in [5, 5.41) is 9.52. The molecule has 0 aromatic heterocycles. The summed E-state index contributed by atoms with van der Waals surface area (Å²) in [6.07, 6.45) is 1.89. The minimum atomic E-state index is -0.362. The molecule has 76 valence electrons. The average molecular weight is 186 g/mol. The number of hydrogen-bond acceptors (Lipinski definition) is 3. The van der Waals surface area contributed by atoms with Gasteiger partial charge in [-0.15, -0.1) is 0 Å². The van der Waals surface area contributed by atoms with Gasteiger partial charge in [0.1, 0.15) is 5.78 Å². The van der Waals surface area contributed by atoms with Crippen LogP contribution in [0.2, 0.25) is 0 Å². The van der Waals surface area contributed by atoms with E-state index in [0.29, 0.717) is 19.4 Å². The van der Waals surface area contributed by atoms with Gasteiger partial charge in [0.05, 0.1) is 6.04 Å². The Hall–Kier alpha value is -1.10. The number of Topliss-reactive ketones (excluding diaryl/α,β-unsaturated/α-hetero) is 1. The Morgan fingerprint density at radius 3 is 2.69 bits per heavy atom. The Balaban J connectivity index is 3.42. The maximum Gasteiger partial charge on any atom is 0.185 e. The van der Waals surface area contributed by atoms with Crippen LogP contribution in [-0.4, -0.2) is 24.3 Å². The van der Waals surface area contributed by atoms with Crippen LogP contribution < -0.4 is 16.8 Å². The lowest BCUT2D eigenvalue weighted by atomic mass is 10.1. The molecule has 1 unspecified atom stereocenters. The van der Waals surface area contributed by atoms with Gasteiger partial charge in [-0.2, -0.15) is 0 Å². The molecular formula is C8H18N4O. The average Bonchev–Trinajstić information content (AvgIpc) is 2.10. The molecule has 0 spiro atoms. The van der Waals surface area contributed by atoms with Crippen LogP contribution in [0.4, 0.5) is 0 Å². The second-order valence-corrected chi connectivity index (χ2v) is 2.91. The first-order chi connectivity index (χ1) is 6.07. The van der Waals surface area contributed by atoms with Crippen molar-refractivity contribution in [3.8, 4) is 0 Å². The quantitative estimate of drug-likeness (QED) is 0.256. The highest BCUT2D eigenvalue weighted by Crippen LogP contribution is 1.97. The van der Waals surface area contributed by atoms with E-state index in [4.69, 9.17) is 16.9 Å². The Morgan fingerprint density at radius 1 is 1.62 bits per heavy atom. The molecule has 0 aromatic carbocycles. The van der Waals surface area contributed by atoms with Crippen LogP contribution in [-0.2, 0) is 4.79 Å². The molecule has 0 fully saturated rings. The number of nitrogens with two attached hydrogens (primary N) is 2. The first-order valence-electron chi connectivity index (χ1n) is 4.44. The van der Waals surface area contributed by atoms with Gasteiger partial charge in [0, 0.05) is 13.0 Å². The third kappa shape index (κ3) is 6.10. The number of nitrogens with one attached hydrogen (secondary N) is 2. The molecule has 6 N–H and O–H groups in total. The van der Waals surface area contributed by atoms with Gasteiger partial charge in [-0.25, -0.2) is 0 Å². The summed E-state index contributed by atoms with van der Waals surface area (Å²) in [6.45, 7) is 2.40. The SMILES string of the molecule is CCC(=O)C(N)CCCNC(=N)N. The van der Waals surface area contributed by atoms with Crippen molar-refractivity contribution in [2.45, 2.75) is 32.2 Å². The van der Waals surface area contributed by atoms with Crippen LogP contribution in [0, 0.1) is 5.41 Å². The molecule has 5 heteroatoms. The lowest BCUT2D eigenvalue weighted by Gasteiger charge is -2.09. The fraction of sp³-hybridized carbons (Fsp3) is 0.750. The molecule has 0 bridgehead atoms. The largest absolute Gasteiger partial charge is 0.370 e. The van der Waals surface area contributed by atoms with Gasteiger partial charge in [-0.1, -0.05) is 6.92 Å². The highest BCUT2D eigenvalue weighted by Gasteiger charge is 2.09. The van der Waals surface area contributed by atoms with Crippen molar-refractivity contribution in [1.82, 2.24) is 5.32 Å². The summed E-state index contributed by atoms with van der Waals surface area (Å²) in [6, 6.07) is -0.362.